The van der Waals surface area contributed by atoms with Gasteiger partial charge in [0.15, 0.2) is 5.82 Å². The van der Waals surface area contributed by atoms with Gasteiger partial charge in [-0.15, -0.1) is 0 Å². The third-order valence-electron chi connectivity index (χ3n) is 5.67. The van der Waals surface area contributed by atoms with E-state index in [1.807, 2.05) is 24.3 Å². The summed E-state index contributed by atoms with van der Waals surface area (Å²) in [4.78, 5) is 20.5. The third-order valence-corrected chi connectivity index (χ3v) is 5.67. The molecule has 0 spiro atoms. The minimum absolute atomic E-state index is 0.490. The lowest BCUT2D eigenvalue weighted by molar-refractivity contribution is 0.122. The quantitative estimate of drug-likeness (QED) is 0.374. The van der Waals surface area contributed by atoms with Crippen LogP contribution < -0.4 is 9.64 Å². The summed E-state index contributed by atoms with van der Waals surface area (Å²) in [5.41, 5.74) is 2.13. The Morgan fingerprint density at radius 2 is 1.79 bits per heavy atom. The van der Waals surface area contributed by atoms with Gasteiger partial charge in [-0.25, -0.2) is 4.98 Å². The van der Waals surface area contributed by atoms with Crippen molar-refractivity contribution in [2.75, 3.05) is 37.8 Å². The maximum absolute atomic E-state index is 5.98. The summed E-state index contributed by atoms with van der Waals surface area (Å²) in [5, 5.41) is 2.44. The number of fused-ring (bicyclic) bond motifs is 1. The number of hydrogen-bond acceptors (Lipinski definition) is 7. The topological polar surface area (TPSA) is 72.7 Å². The van der Waals surface area contributed by atoms with E-state index in [2.05, 4.69) is 62.3 Å². The van der Waals surface area contributed by atoms with Crippen molar-refractivity contribution in [3.63, 3.8) is 0 Å². The van der Waals surface area contributed by atoms with E-state index in [9.17, 15) is 0 Å². The summed E-state index contributed by atoms with van der Waals surface area (Å²) in [6.07, 6.45) is 4.23. The fourth-order valence-electron chi connectivity index (χ4n) is 3.89. The van der Waals surface area contributed by atoms with Gasteiger partial charge in [-0.05, 0) is 34.5 Å². The first kappa shape index (κ1) is 22.0. The average molecular weight is 454 g/mol. The average Bonchev–Trinajstić information content (AvgIpc) is 2.90. The molecule has 2 aromatic carbocycles. The molecular formula is C27H27N5O2. The Kier molecular flexibility index (Phi) is 7.01. The van der Waals surface area contributed by atoms with Gasteiger partial charge in [-0.1, -0.05) is 42.5 Å². The summed E-state index contributed by atoms with van der Waals surface area (Å²) >= 11 is 0. The maximum Gasteiger partial charge on any atom is 0.219 e. The molecule has 1 saturated heterocycles. The molecule has 0 unspecified atom stereocenters. The number of aromatic nitrogens is 3. The van der Waals surface area contributed by atoms with E-state index in [4.69, 9.17) is 14.5 Å². The molecule has 0 atom stereocenters. The van der Waals surface area contributed by atoms with Crippen LogP contribution in [0.25, 0.3) is 10.8 Å². The minimum Gasteiger partial charge on any atom is -0.477 e. The summed E-state index contributed by atoms with van der Waals surface area (Å²) < 4.78 is 11.5. The fourth-order valence-corrected chi connectivity index (χ4v) is 3.89. The smallest absolute Gasteiger partial charge is 0.219 e. The molecule has 1 aliphatic heterocycles. The molecular weight excluding hydrogens is 426 g/mol. The third kappa shape index (κ3) is 5.74. The van der Waals surface area contributed by atoms with Crippen molar-refractivity contribution in [3.8, 4) is 5.88 Å². The lowest BCUT2D eigenvalue weighted by atomic mass is 10.1. The molecule has 5 rings (SSSR count). The molecule has 4 aromatic rings. The number of hydrogen-bond donors (Lipinski definition) is 0. The fraction of sp³-hybridized carbons (Fsp3) is 0.259. The molecule has 3 heterocycles. The number of morpholine rings is 1. The zero-order valence-electron chi connectivity index (χ0n) is 19.0. The van der Waals surface area contributed by atoms with Crippen LogP contribution in [0.1, 0.15) is 17.1 Å². The van der Waals surface area contributed by atoms with Gasteiger partial charge in [0.2, 0.25) is 5.88 Å². The van der Waals surface area contributed by atoms with Crippen LogP contribution >= 0.6 is 0 Å². The lowest BCUT2D eigenvalue weighted by Gasteiger charge is -2.28. The molecule has 0 aliphatic carbocycles. The van der Waals surface area contributed by atoms with Gasteiger partial charge in [0, 0.05) is 37.5 Å². The van der Waals surface area contributed by atoms with E-state index in [-0.39, 0.29) is 0 Å². The predicted octanol–water partition coefficient (Wildman–Crippen LogP) is 4.10. The Balaban J connectivity index is 1.31. The summed E-state index contributed by atoms with van der Waals surface area (Å²) in [6, 6.07) is 22.5. The molecule has 2 aromatic heterocycles. The largest absolute Gasteiger partial charge is 0.477 e. The number of benzene rings is 2. The first-order valence-electron chi connectivity index (χ1n) is 11.6. The number of ether oxygens (including phenoxy) is 2. The summed E-state index contributed by atoms with van der Waals surface area (Å²) in [7, 11) is 0. The van der Waals surface area contributed by atoms with Crippen molar-refractivity contribution >= 4 is 22.8 Å². The molecule has 0 N–H and O–H groups in total. The van der Waals surface area contributed by atoms with E-state index in [0.29, 0.717) is 44.5 Å². The summed E-state index contributed by atoms with van der Waals surface area (Å²) in [5.74, 6) is 1.91. The van der Waals surface area contributed by atoms with Crippen molar-refractivity contribution in [2.24, 2.45) is 4.99 Å². The highest BCUT2D eigenvalue weighted by molar-refractivity contribution is 5.83. The normalized spacial score (nSPS) is 14.1. The van der Waals surface area contributed by atoms with Crippen molar-refractivity contribution in [1.82, 2.24) is 15.0 Å². The molecule has 7 nitrogen and oxygen atoms in total. The van der Waals surface area contributed by atoms with Crippen LogP contribution in [0.2, 0.25) is 0 Å². The monoisotopic (exact) mass is 453 g/mol. The molecule has 0 bridgehead atoms. The van der Waals surface area contributed by atoms with Crippen molar-refractivity contribution in [3.05, 3.63) is 90.0 Å². The molecule has 1 aliphatic rings. The molecule has 0 saturated carbocycles. The van der Waals surface area contributed by atoms with Gasteiger partial charge in [-0.3, -0.25) is 9.98 Å². The van der Waals surface area contributed by atoms with Crippen LogP contribution in [-0.2, 0) is 17.7 Å². The van der Waals surface area contributed by atoms with Gasteiger partial charge in [0.05, 0.1) is 32.6 Å². The Morgan fingerprint density at radius 1 is 0.941 bits per heavy atom. The minimum atomic E-state index is 0.490. The molecule has 1 fully saturated rings. The molecule has 172 valence electrons. The number of pyridine rings is 1. The van der Waals surface area contributed by atoms with Gasteiger partial charge in [-0.2, -0.15) is 4.98 Å². The predicted molar refractivity (Wildman–Crippen MR) is 134 cm³/mol. The molecule has 7 heteroatoms. The highest BCUT2D eigenvalue weighted by Crippen LogP contribution is 2.19. The van der Waals surface area contributed by atoms with Gasteiger partial charge >= 0.3 is 0 Å². The van der Waals surface area contributed by atoms with Gasteiger partial charge in [0.1, 0.15) is 5.82 Å². The maximum atomic E-state index is 5.98. The Bertz CT molecular complexity index is 1260. The number of anilines is 1. The number of rotatable bonds is 8. The zero-order chi connectivity index (χ0) is 23.0. The lowest BCUT2D eigenvalue weighted by Crippen LogP contribution is -2.37. The molecule has 0 radical (unpaired) electrons. The van der Waals surface area contributed by atoms with Gasteiger partial charge in [0.25, 0.3) is 0 Å². The molecule has 34 heavy (non-hydrogen) atoms. The van der Waals surface area contributed by atoms with E-state index < -0.39 is 0 Å². The Hall–Kier alpha value is -3.84. The van der Waals surface area contributed by atoms with Gasteiger partial charge < -0.3 is 14.4 Å². The van der Waals surface area contributed by atoms with Crippen molar-refractivity contribution in [1.29, 1.82) is 0 Å². The van der Waals surface area contributed by atoms with Crippen LogP contribution in [0, 0.1) is 0 Å². The first-order valence-corrected chi connectivity index (χ1v) is 11.6. The second kappa shape index (κ2) is 10.9. The van der Waals surface area contributed by atoms with E-state index in [1.165, 1.54) is 10.8 Å². The highest BCUT2D eigenvalue weighted by Gasteiger charge is 2.15. The molecule has 0 amide bonds. The first-order chi connectivity index (χ1) is 16.8. The Morgan fingerprint density at radius 3 is 2.65 bits per heavy atom. The summed E-state index contributed by atoms with van der Waals surface area (Å²) in [6.45, 7) is 4.00. The second-order valence-electron chi connectivity index (χ2n) is 8.09. The second-order valence-corrected chi connectivity index (χ2v) is 8.09. The van der Waals surface area contributed by atoms with Crippen LogP contribution in [0.15, 0.2) is 77.9 Å². The van der Waals surface area contributed by atoms with E-state index >= 15 is 0 Å². The highest BCUT2D eigenvalue weighted by atomic mass is 16.5. The van der Waals surface area contributed by atoms with Crippen LogP contribution in [0.4, 0.5) is 5.82 Å². The standard InChI is InChI=1S/C27H27N5O2/c1-2-6-23-17-21(8-9-22(23)5-1)19-28-20-25-30-26(32-12-15-33-16-13-32)18-27(31-25)34-14-10-24-7-3-4-11-29-24/h1-9,11,17-18,20H,10,12-16,19H2. The van der Waals surface area contributed by atoms with E-state index in [1.54, 1.807) is 12.4 Å². The van der Waals surface area contributed by atoms with Crippen LogP contribution in [-0.4, -0.2) is 54.1 Å². The number of nitrogens with zero attached hydrogens (tertiary/aromatic N) is 5. The Labute approximate surface area is 199 Å². The van der Waals surface area contributed by atoms with Crippen LogP contribution in [0.5, 0.6) is 5.88 Å². The van der Waals surface area contributed by atoms with E-state index in [0.717, 1.165) is 30.2 Å². The van der Waals surface area contributed by atoms with Crippen molar-refractivity contribution < 1.29 is 9.47 Å². The van der Waals surface area contributed by atoms with Crippen molar-refractivity contribution in [2.45, 2.75) is 13.0 Å². The number of aliphatic imine (C=N–C) groups is 1. The zero-order valence-corrected chi connectivity index (χ0v) is 19.0. The van der Waals surface area contributed by atoms with Crippen LogP contribution in [0.3, 0.4) is 0 Å². The SMILES string of the molecule is C(=NCc1ccc2ccccc2c1)c1nc(OCCc2ccccn2)cc(N2CCOCC2)n1.